The molecule has 4 aromatic rings. The minimum absolute atomic E-state index is 0.202. The molecule has 0 aliphatic carbocycles. The number of amides is 2. The van der Waals surface area contributed by atoms with E-state index in [-0.39, 0.29) is 17.9 Å². The fourth-order valence-corrected chi connectivity index (χ4v) is 4.04. The maximum Gasteiger partial charge on any atom is 0.262 e. The van der Waals surface area contributed by atoms with Crippen LogP contribution in [0.2, 0.25) is 0 Å². The van der Waals surface area contributed by atoms with Crippen LogP contribution in [-0.4, -0.2) is 11.8 Å². The van der Waals surface area contributed by atoms with E-state index in [4.69, 9.17) is 0 Å². The van der Waals surface area contributed by atoms with Crippen molar-refractivity contribution in [2.45, 2.75) is 19.0 Å². The summed E-state index contributed by atoms with van der Waals surface area (Å²) in [6, 6.07) is 26.2. The average Bonchev–Trinajstić information content (AvgIpc) is 3.32. The van der Waals surface area contributed by atoms with E-state index in [0.717, 1.165) is 21.9 Å². The molecule has 5 heteroatoms. The van der Waals surface area contributed by atoms with Gasteiger partial charge in [0.2, 0.25) is 5.91 Å². The molecular weight excluding hydrogens is 392 g/mol. The Kier molecular flexibility index (Phi) is 5.91. The molecular formula is C25H22N2O2S. The Hall–Kier alpha value is -3.44. The smallest absolute Gasteiger partial charge is 0.262 e. The Labute approximate surface area is 179 Å². The first-order valence-electron chi connectivity index (χ1n) is 9.80. The van der Waals surface area contributed by atoms with Crippen LogP contribution in [0, 0.1) is 0 Å². The number of carbonyl (C=O) groups excluding carboxylic acids is 2. The minimum atomic E-state index is -0.774. The molecule has 3 aromatic carbocycles. The molecule has 4 rings (SSSR count). The summed E-state index contributed by atoms with van der Waals surface area (Å²) < 4.78 is 0. The molecule has 0 aliphatic rings. The number of fused-ring (bicyclic) bond motifs is 1. The van der Waals surface area contributed by atoms with Crippen molar-refractivity contribution in [1.29, 1.82) is 0 Å². The third-order valence-electron chi connectivity index (χ3n) is 5.05. The van der Waals surface area contributed by atoms with Gasteiger partial charge in [-0.25, -0.2) is 0 Å². The second-order valence-corrected chi connectivity index (χ2v) is 8.08. The Morgan fingerprint density at radius 3 is 2.23 bits per heavy atom. The van der Waals surface area contributed by atoms with Gasteiger partial charge < -0.3 is 10.6 Å². The van der Waals surface area contributed by atoms with Crippen LogP contribution < -0.4 is 10.6 Å². The van der Waals surface area contributed by atoms with Crippen molar-refractivity contribution >= 4 is 33.9 Å². The van der Waals surface area contributed by atoms with Crippen molar-refractivity contribution in [1.82, 2.24) is 10.6 Å². The van der Waals surface area contributed by atoms with E-state index in [1.54, 1.807) is 6.07 Å². The number of nitrogens with one attached hydrogen (secondary N) is 2. The molecule has 2 atom stereocenters. The zero-order valence-electron chi connectivity index (χ0n) is 16.5. The summed E-state index contributed by atoms with van der Waals surface area (Å²) in [6.07, 6.45) is 0. The lowest BCUT2D eigenvalue weighted by atomic mass is 10.0. The number of benzene rings is 3. The molecule has 0 saturated carbocycles. The molecule has 4 nitrogen and oxygen atoms in total. The van der Waals surface area contributed by atoms with Crippen molar-refractivity contribution in [3.8, 4) is 0 Å². The van der Waals surface area contributed by atoms with Crippen molar-refractivity contribution < 1.29 is 9.59 Å². The zero-order chi connectivity index (χ0) is 20.9. The summed E-state index contributed by atoms with van der Waals surface area (Å²) in [4.78, 5) is 26.4. The average molecular weight is 415 g/mol. The number of rotatable bonds is 6. The van der Waals surface area contributed by atoms with Crippen LogP contribution in [0.4, 0.5) is 0 Å². The second-order valence-electron chi connectivity index (χ2n) is 7.13. The third kappa shape index (κ3) is 4.42. The topological polar surface area (TPSA) is 58.2 Å². The van der Waals surface area contributed by atoms with Crippen molar-refractivity contribution in [2.75, 3.05) is 0 Å². The molecule has 0 unspecified atom stereocenters. The first kappa shape index (κ1) is 19.9. The molecule has 2 N–H and O–H groups in total. The van der Waals surface area contributed by atoms with Crippen LogP contribution >= 0.6 is 11.3 Å². The van der Waals surface area contributed by atoms with Gasteiger partial charge in [0, 0.05) is 0 Å². The highest BCUT2D eigenvalue weighted by Gasteiger charge is 2.25. The van der Waals surface area contributed by atoms with Gasteiger partial charge in [-0.3, -0.25) is 9.59 Å². The molecule has 0 fully saturated rings. The lowest BCUT2D eigenvalue weighted by molar-refractivity contribution is -0.123. The van der Waals surface area contributed by atoms with Crippen LogP contribution in [0.5, 0.6) is 0 Å². The highest BCUT2D eigenvalue weighted by atomic mass is 32.1. The molecule has 0 spiro atoms. The summed E-state index contributed by atoms with van der Waals surface area (Å²) in [7, 11) is 0. The van der Waals surface area contributed by atoms with Gasteiger partial charge in [0.15, 0.2) is 0 Å². The summed E-state index contributed by atoms with van der Waals surface area (Å²) >= 11 is 1.35. The van der Waals surface area contributed by atoms with Crippen LogP contribution in [0.15, 0.2) is 90.3 Å². The third-order valence-corrected chi connectivity index (χ3v) is 5.92. The maximum absolute atomic E-state index is 13.2. The van der Waals surface area contributed by atoms with E-state index in [1.165, 1.54) is 11.3 Å². The van der Waals surface area contributed by atoms with E-state index in [1.807, 2.05) is 66.9 Å². The Balaban J connectivity index is 1.55. The molecule has 1 heterocycles. The van der Waals surface area contributed by atoms with E-state index in [9.17, 15) is 9.59 Å². The Bertz CT molecular complexity index is 1160. The van der Waals surface area contributed by atoms with Gasteiger partial charge >= 0.3 is 0 Å². The fraction of sp³-hybridized carbons (Fsp3) is 0.120. The number of hydrogen-bond acceptors (Lipinski definition) is 3. The van der Waals surface area contributed by atoms with Gasteiger partial charge in [-0.15, -0.1) is 11.3 Å². The normalized spacial score (nSPS) is 12.8. The van der Waals surface area contributed by atoms with E-state index < -0.39 is 6.04 Å². The molecule has 30 heavy (non-hydrogen) atoms. The predicted octanol–water partition coefficient (Wildman–Crippen LogP) is 5.25. The van der Waals surface area contributed by atoms with Crippen LogP contribution in [-0.2, 0) is 4.79 Å². The zero-order valence-corrected chi connectivity index (χ0v) is 17.4. The summed E-state index contributed by atoms with van der Waals surface area (Å²) in [6.45, 7) is 1.95. The number of carbonyl (C=O) groups is 2. The van der Waals surface area contributed by atoms with Crippen molar-refractivity contribution in [3.05, 3.63) is 106 Å². The Morgan fingerprint density at radius 1 is 0.767 bits per heavy atom. The SMILES string of the molecule is C[C@H](NC(=O)[C@H](NC(=O)c1cccs1)c1ccccc1)c1ccc2ccccc2c1. The molecule has 1 aromatic heterocycles. The highest BCUT2D eigenvalue weighted by Crippen LogP contribution is 2.22. The lowest BCUT2D eigenvalue weighted by Crippen LogP contribution is -2.41. The van der Waals surface area contributed by atoms with Crippen molar-refractivity contribution in [2.24, 2.45) is 0 Å². The minimum Gasteiger partial charge on any atom is -0.347 e. The molecule has 150 valence electrons. The lowest BCUT2D eigenvalue weighted by Gasteiger charge is -2.22. The first-order valence-corrected chi connectivity index (χ1v) is 10.7. The van der Waals surface area contributed by atoms with Crippen LogP contribution in [0.3, 0.4) is 0 Å². The predicted molar refractivity (Wildman–Crippen MR) is 121 cm³/mol. The Morgan fingerprint density at radius 2 is 1.50 bits per heavy atom. The van der Waals surface area contributed by atoms with Gasteiger partial charge in [-0.2, -0.15) is 0 Å². The highest BCUT2D eigenvalue weighted by molar-refractivity contribution is 7.12. The van der Waals surface area contributed by atoms with Gasteiger partial charge in [-0.1, -0.05) is 72.8 Å². The first-order chi connectivity index (χ1) is 14.6. The standard InChI is InChI=1S/C25H22N2O2S/c1-17(20-14-13-18-8-5-6-11-21(18)16-20)26-25(29)23(19-9-3-2-4-10-19)27-24(28)22-12-7-15-30-22/h2-17,23H,1H3,(H,26,29)(H,27,28)/t17-,23+/m0/s1. The van der Waals surface area contributed by atoms with E-state index >= 15 is 0 Å². The van der Waals surface area contributed by atoms with Gasteiger partial charge in [0.25, 0.3) is 5.91 Å². The van der Waals surface area contributed by atoms with E-state index in [0.29, 0.717) is 4.88 Å². The number of thiophene rings is 1. The molecule has 0 aliphatic heterocycles. The summed E-state index contributed by atoms with van der Waals surface area (Å²) in [5.41, 5.74) is 1.75. The van der Waals surface area contributed by atoms with Gasteiger partial charge in [0.1, 0.15) is 6.04 Å². The number of hydrogen-bond donors (Lipinski definition) is 2. The molecule has 0 saturated heterocycles. The summed E-state index contributed by atoms with van der Waals surface area (Å²) in [5, 5.41) is 10.1. The fourth-order valence-electron chi connectivity index (χ4n) is 3.41. The largest absolute Gasteiger partial charge is 0.347 e. The maximum atomic E-state index is 13.2. The van der Waals surface area contributed by atoms with Crippen LogP contribution in [0.25, 0.3) is 10.8 Å². The van der Waals surface area contributed by atoms with Crippen LogP contribution in [0.1, 0.15) is 39.8 Å². The summed E-state index contributed by atoms with van der Waals surface area (Å²) in [5.74, 6) is -0.501. The second kappa shape index (κ2) is 8.93. The molecule has 0 bridgehead atoms. The van der Waals surface area contributed by atoms with Gasteiger partial charge in [0.05, 0.1) is 10.9 Å². The monoisotopic (exact) mass is 414 g/mol. The van der Waals surface area contributed by atoms with Gasteiger partial charge in [-0.05, 0) is 46.3 Å². The quantitative estimate of drug-likeness (QED) is 0.453. The van der Waals surface area contributed by atoms with E-state index in [2.05, 4.69) is 34.9 Å². The molecule has 2 amide bonds. The van der Waals surface area contributed by atoms with Crippen molar-refractivity contribution in [3.63, 3.8) is 0 Å². The molecule has 0 radical (unpaired) electrons.